The quantitative estimate of drug-likeness (QED) is 0.617. The highest BCUT2D eigenvalue weighted by atomic mass is 35.5. The van der Waals surface area contributed by atoms with E-state index >= 15 is 0 Å². The molecule has 1 heteroatoms. The number of benzene rings is 1. The lowest BCUT2D eigenvalue weighted by atomic mass is 10.2. The highest BCUT2D eigenvalue weighted by molar-refractivity contribution is 6.31. The summed E-state index contributed by atoms with van der Waals surface area (Å²) in [6.45, 7) is 3.62. The van der Waals surface area contributed by atoms with Gasteiger partial charge in [-0.1, -0.05) is 48.0 Å². The molecule has 1 aromatic rings. The average Bonchev–Trinajstić information content (AvgIpc) is 2.06. The Kier molecular flexibility index (Phi) is 3.62. The molecule has 0 unspecified atom stereocenters. The molecular formula is C11H11Cl. The fourth-order valence-electron chi connectivity index (χ4n) is 0.927. The van der Waals surface area contributed by atoms with E-state index in [1.54, 1.807) is 6.08 Å². The largest absolute Gasteiger partial charge is 0.103 e. The van der Waals surface area contributed by atoms with Crippen LogP contribution in [0.4, 0.5) is 0 Å². The lowest BCUT2D eigenvalue weighted by molar-refractivity contribution is 1.38. The summed E-state index contributed by atoms with van der Waals surface area (Å²) in [5.41, 5.74) is 1.13. The second-order valence-electron chi connectivity index (χ2n) is 2.49. The Morgan fingerprint density at radius 2 is 2.00 bits per heavy atom. The fourth-order valence-corrected chi connectivity index (χ4v) is 1.16. The Hall–Kier alpha value is -1.01. The van der Waals surface area contributed by atoms with Gasteiger partial charge in [0, 0.05) is 11.5 Å². The highest BCUT2D eigenvalue weighted by Gasteiger charge is 1.89. The molecule has 0 saturated heterocycles. The van der Waals surface area contributed by atoms with Crippen LogP contribution >= 0.6 is 11.6 Å². The summed E-state index contributed by atoms with van der Waals surface area (Å²) in [5.74, 6) is 0. The van der Waals surface area contributed by atoms with Crippen molar-refractivity contribution in [2.24, 2.45) is 0 Å². The summed E-state index contributed by atoms with van der Waals surface area (Å²) in [5, 5.41) is 0.816. The Morgan fingerprint density at radius 3 is 2.58 bits per heavy atom. The van der Waals surface area contributed by atoms with Crippen LogP contribution in [0.3, 0.4) is 0 Å². The fraction of sp³-hybridized carbons (Fsp3) is 0.0909. The molecule has 0 nitrogen and oxygen atoms in total. The number of hydrogen-bond donors (Lipinski definition) is 0. The van der Waals surface area contributed by atoms with Gasteiger partial charge in [-0.25, -0.2) is 0 Å². The van der Waals surface area contributed by atoms with E-state index in [-0.39, 0.29) is 0 Å². The molecule has 0 fully saturated rings. The van der Waals surface area contributed by atoms with Crippen LogP contribution in [0, 0.1) is 0 Å². The minimum Gasteiger partial charge on any atom is -0.103 e. The van der Waals surface area contributed by atoms with E-state index in [0.717, 1.165) is 17.0 Å². The molecule has 0 heterocycles. The van der Waals surface area contributed by atoms with Gasteiger partial charge in [-0.05, 0) is 11.6 Å². The second kappa shape index (κ2) is 4.78. The van der Waals surface area contributed by atoms with Gasteiger partial charge in [0.25, 0.3) is 0 Å². The van der Waals surface area contributed by atoms with Crippen LogP contribution in [-0.4, -0.2) is 0 Å². The molecule has 0 aliphatic heterocycles. The topological polar surface area (TPSA) is 0 Å². The van der Waals surface area contributed by atoms with Gasteiger partial charge in [0.2, 0.25) is 0 Å². The van der Waals surface area contributed by atoms with Gasteiger partial charge in [0.05, 0.1) is 0 Å². The van der Waals surface area contributed by atoms with Crippen molar-refractivity contribution in [2.45, 2.75) is 6.42 Å². The van der Waals surface area contributed by atoms with Gasteiger partial charge in [0.1, 0.15) is 0 Å². The molecule has 0 amide bonds. The van der Waals surface area contributed by atoms with Gasteiger partial charge < -0.3 is 0 Å². The van der Waals surface area contributed by atoms with Crippen LogP contribution in [0.15, 0.2) is 48.0 Å². The molecule has 0 aliphatic rings. The van der Waals surface area contributed by atoms with Gasteiger partial charge in [-0.15, -0.1) is 6.58 Å². The molecule has 1 aromatic carbocycles. The van der Waals surface area contributed by atoms with Crippen molar-refractivity contribution in [3.8, 4) is 0 Å². The third kappa shape index (κ3) is 2.93. The molecule has 0 N–H and O–H groups in total. The van der Waals surface area contributed by atoms with Crippen molar-refractivity contribution in [1.82, 2.24) is 0 Å². The van der Waals surface area contributed by atoms with Crippen molar-refractivity contribution >= 4 is 17.7 Å². The Labute approximate surface area is 78.2 Å². The Bertz CT molecular complexity index is 272. The van der Waals surface area contributed by atoms with E-state index in [1.165, 1.54) is 0 Å². The third-order valence-electron chi connectivity index (χ3n) is 1.46. The van der Waals surface area contributed by atoms with Gasteiger partial charge in [-0.2, -0.15) is 0 Å². The maximum atomic E-state index is 5.91. The molecule has 0 saturated carbocycles. The minimum atomic E-state index is 0.733. The van der Waals surface area contributed by atoms with E-state index in [0.29, 0.717) is 0 Å². The number of halogens is 1. The minimum absolute atomic E-state index is 0.733. The van der Waals surface area contributed by atoms with Crippen LogP contribution in [0.5, 0.6) is 0 Å². The molecular weight excluding hydrogens is 168 g/mol. The Morgan fingerprint density at radius 1 is 1.33 bits per heavy atom. The van der Waals surface area contributed by atoms with Crippen molar-refractivity contribution in [3.05, 3.63) is 53.6 Å². The number of hydrogen-bond acceptors (Lipinski definition) is 0. The van der Waals surface area contributed by atoms with Crippen molar-refractivity contribution in [2.75, 3.05) is 0 Å². The van der Waals surface area contributed by atoms with Crippen LogP contribution in [-0.2, 0) is 0 Å². The second-order valence-corrected chi connectivity index (χ2v) is 2.98. The summed E-state index contributed by atoms with van der Waals surface area (Å²) in [6, 6.07) is 10.0. The molecule has 0 aliphatic carbocycles. The lowest BCUT2D eigenvalue weighted by Gasteiger charge is -1.93. The number of rotatable bonds is 3. The summed E-state index contributed by atoms with van der Waals surface area (Å²) in [6.07, 6.45) is 4.47. The third-order valence-corrected chi connectivity index (χ3v) is 1.73. The van der Waals surface area contributed by atoms with Crippen LogP contribution in [0.2, 0.25) is 0 Å². The summed E-state index contributed by atoms with van der Waals surface area (Å²) in [7, 11) is 0. The summed E-state index contributed by atoms with van der Waals surface area (Å²) in [4.78, 5) is 0. The first-order valence-corrected chi connectivity index (χ1v) is 4.23. The number of allylic oxidation sites excluding steroid dienone is 2. The van der Waals surface area contributed by atoms with Crippen LogP contribution in [0.25, 0.3) is 6.08 Å². The van der Waals surface area contributed by atoms with Gasteiger partial charge in [-0.3, -0.25) is 0 Å². The standard InChI is InChI=1S/C11H11Cl/c1-2-6-11(12)9-10-7-4-3-5-8-10/h2-5,7-9H,1,6H2. The first kappa shape index (κ1) is 9.08. The zero-order valence-corrected chi connectivity index (χ0v) is 7.59. The van der Waals surface area contributed by atoms with E-state index < -0.39 is 0 Å². The highest BCUT2D eigenvalue weighted by Crippen LogP contribution is 2.13. The van der Waals surface area contributed by atoms with Crippen LogP contribution in [0.1, 0.15) is 12.0 Å². The predicted molar refractivity (Wildman–Crippen MR) is 55.1 cm³/mol. The van der Waals surface area contributed by atoms with E-state index in [4.69, 9.17) is 11.6 Å². The van der Waals surface area contributed by atoms with Crippen molar-refractivity contribution < 1.29 is 0 Å². The monoisotopic (exact) mass is 178 g/mol. The zero-order chi connectivity index (χ0) is 8.81. The maximum absolute atomic E-state index is 5.91. The van der Waals surface area contributed by atoms with E-state index in [2.05, 4.69) is 6.58 Å². The van der Waals surface area contributed by atoms with Crippen LogP contribution < -0.4 is 0 Å². The van der Waals surface area contributed by atoms with Crippen molar-refractivity contribution in [1.29, 1.82) is 0 Å². The summed E-state index contributed by atoms with van der Waals surface area (Å²) >= 11 is 5.91. The molecule has 1 rings (SSSR count). The molecule has 62 valence electrons. The van der Waals surface area contributed by atoms with E-state index in [1.807, 2.05) is 36.4 Å². The van der Waals surface area contributed by atoms with Crippen molar-refractivity contribution in [3.63, 3.8) is 0 Å². The molecule has 0 atom stereocenters. The molecule has 0 spiro atoms. The first-order chi connectivity index (χ1) is 5.83. The first-order valence-electron chi connectivity index (χ1n) is 3.85. The van der Waals surface area contributed by atoms with Gasteiger partial charge in [0.15, 0.2) is 0 Å². The normalized spacial score (nSPS) is 11.2. The smallest absolute Gasteiger partial charge is 0.0224 e. The van der Waals surface area contributed by atoms with E-state index in [9.17, 15) is 0 Å². The maximum Gasteiger partial charge on any atom is 0.0224 e. The summed E-state index contributed by atoms with van der Waals surface area (Å²) < 4.78 is 0. The lowest BCUT2D eigenvalue weighted by Crippen LogP contribution is -1.72. The average molecular weight is 179 g/mol. The molecule has 0 bridgehead atoms. The molecule has 0 aromatic heterocycles. The zero-order valence-electron chi connectivity index (χ0n) is 6.83. The predicted octanol–water partition coefficient (Wildman–Crippen LogP) is 3.84. The molecule has 12 heavy (non-hydrogen) atoms. The Balaban J connectivity index is 2.74. The molecule has 0 radical (unpaired) electrons. The van der Waals surface area contributed by atoms with Gasteiger partial charge >= 0.3 is 0 Å². The SMILES string of the molecule is C=CCC(Cl)=Cc1ccccc1.